The Kier molecular flexibility index (Phi) is 4.87. The summed E-state index contributed by atoms with van der Waals surface area (Å²) in [6.45, 7) is 12.3. The lowest BCUT2D eigenvalue weighted by molar-refractivity contribution is 0.244. The van der Waals surface area contributed by atoms with Crippen LogP contribution >= 0.6 is 0 Å². The number of hydrogen-bond donors (Lipinski definition) is 0. The van der Waals surface area contributed by atoms with Gasteiger partial charge in [-0.3, -0.25) is 0 Å². The van der Waals surface area contributed by atoms with Crippen molar-refractivity contribution >= 4 is 0 Å². The second-order valence-electron chi connectivity index (χ2n) is 4.96. The van der Waals surface area contributed by atoms with Crippen molar-refractivity contribution in [2.75, 3.05) is 0 Å². The molecule has 0 atom stereocenters. The van der Waals surface area contributed by atoms with E-state index in [1.54, 1.807) is 0 Å². The van der Waals surface area contributed by atoms with Crippen LogP contribution in [0.4, 0.5) is 0 Å². The molecule has 0 unspecified atom stereocenters. The van der Waals surface area contributed by atoms with Crippen molar-refractivity contribution in [3.8, 4) is 0 Å². The van der Waals surface area contributed by atoms with Crippen LogP contribution in [0.5, 0.6) is 0 Å². The van der Waals surface area contributed by atoms with E-state index in [0.29, 0.717) is 0 Å². The molecule has 1 aliphatic rings. The molecule has 0 heteroatoms. The second kappa shape index (κ2) is 5.95. The summed E-state index contributed by atoms with van der Waals surface area (Å²) in [7, 11) is 0. The molecule has 1 saturated carbocycles. The predicted molar refractivity (Wildman–Crippen MR) is 68.8 cm³/mol. The molecule has 0 N–H and O–H groups in total. The molecule has 1 aliphatic carbocycles. The number of hydrogen-bond acceptors (Lipinski definition) is 0. The van der Waals surface area contributed by atoms with E-state index in [9.17, 15) is 0 Å². The van der Waals surface area contributed by atoms with Gasteiger partial charge in [-0.25, -0.2) is 0 Å². The van der Waals surface area contributed by atoms with Crippen LogP contribution < -0.4 is 0 Å². The molecule has 84 valence electrons. The van der Waals surface area contributed by atoms with Gasteiger partial charge < -0.3 is 0 Å². The normalized spacial score (nSPS) is 27.8. The lowest BCUT2D eigenvalue weighted by atomic mass is 9.74. The summed E-state index contributed by atoms with van der Waals surface area (Å²) in [4.78, 5) is 0. The topological polar surface area (TPSA) is 0 Å². The minimum atomic E-state index is 0.732. The third-order valence-electron chi connectivity index (χ3n) is 3.73. The van der Waals surface area contributed by atoms with Gasteiger partial charge in [-0.2, -0.15) is 0 Å². The molecule has 0 aromatic rings. The predicted octanol–water partition coefficient (Wildman–Crippen LogP) is 4.75. The minimum Gasteiger partial charge on any atom is -0.0991 e. The first-order chi connectivity index (χ1) is 7.19. The molecule has 0 heterocycles. The number of allylic oxidation sites excluding steroid dienone is 4. The van der Waals surface area contributed by atoms with E-state index in [4.69, 9.17) is 0 Å². The average Bonchev–Trinajstić information content (AvgIpc) is 2.26. The Morgan fingerprint density at radius 1 is 1.13 bits per heavy atom. The van der Waals surface area contributed by atoms with E-state index in [1.165, 1.54) is 31.3 Å². The van der Waals surface area contributed by atoms with Crippen molar-refractivity contribution in [1.29, 1.82) is 0 Å². The van der Waals surface area contributed by atoms with Crippen molar-refractivity contribution in [1.82, 2.24) is 0 Å². The zero-order chi connectivity index (χ0) is 11.3. The third-order valence-corrected chi connectivity index (χ3v) is 3.73. The van der Waals surface area contributed by atoms with Crippen molar-refractivity contribution < 1.29 is 0 Å². The molecule has 0 amide bonds. The first-order valence-electron chi connectivity index (χ1n) is 6.14. The summed E-state index contributed by atoms with van der Waals surface area (Å²) in [6, 6.07) is 0. The molecule has 0 bridgehead atoms. The Bertz CT molecular complexity index is 237. The van der Waals surface area contributed by atoms with Crippen molar-refractivity contribution in [3.05, 3.63) is 37.0 Å². The molecule has 0 radical (unpaired) electrons. The Hall–Kier alpha value is -0.780. The van der Waals surface area contributed by atoms with Crippen LogP contribution in [0.25, 0.3) is 0 Å². The zero-order valence-electron chi connectivity index (χ0n) is 10.2. The van der Waals surface area contributed by atoms with E-state index >= 15 is 0 Å². The highest BCUT2D eigenvalue weighted by molar-refractivity contribution is 5.24. The van der Waals surface area contributed by atoms with Gasteiger partial charge in [-0.15, -0.1) is 0 Å². The van der Waals surface area contributed by atoms with Crippen LogP contribution in [-0.2, 0) is 0 Å². The average molecular weight is 204 g/mol. The summed E-state index contributed by atoms with van der Waals surface area (Å²) in [5.74, 6) is 2.52. The van der Waals surface area contributed by atoms with Crippen molar-refractivity contribution in [2.45, 2.75) is 39.5 Å². The fourth-order valence-electron chi connectivity index (χ4n) is 2.63. The fraction of sp³-hybridized carbons (Fsp3) is 0.600. The molecule has 0 saturated heterocycles. The summed E-state index contributed by atoms with van der Waals surface area (Å²) in [5, 5.41) is 0. The Morgan fingerprint density at radius 2 is 1.73 bits per heavy atom. The molecule has 0 nitrogen and oxygen atoms in total. The molecule has 0 aromatic carbocycles. The van der Waals surface area contributed by atoms with Crippen LogP contribution in [0.15, 0.2) is 37.0 Å². The summed E-state index contributed by atoms with van der Waals surface area (Å²) in [5.41, 5.74) is 1.38. The molecule has 15 heavy (non-hydrogen) atoms. The molecule has 0 aromatic heterocycles. The zero-order valence-corrected chi connectivity index (χ0v) is 10.2. The monoisotopic (exact) mass is 204 g/mol. The van der Waals surface area contributed by atoms with Gasteiger partial charge in [-0.1, -0.05) is 45.2 Å². The van der Waals surface area contributed by atoms with E-state index in [1.807, 2.05) is 12.2 Å². The molecular weight excluding hydrogens is 180 g/mol. The Balaban J connectivity index is 2.52. The van der Waals surface area contributed by atoms with Crippen molar-refractivity contribution in [2.24, 2.45) is 17.8 Å². The SMILES string of the molecule is C=C/C=C(\C=C)C1CCC(C(C)C)CC1. The first kappa shape index (κ1) is 12.3. The second-order valence-corrected chi connectivity index (χ2v) is 4.96. The highest BCUT2D eigenvalue weighted by Gasteiger charge is 2.24. The summed E-state index contributed by atoms with van der Waals surface area (Å²) in [6.07, 6.45) is 11.4. The number of rotatable bonds is 4. The lowest BCUT2D eigenvalue weighted by Crippen LogP contribution is -2.19. The Morgan fingerprint density at radius 3 is 2.13 bits per heavy atom. The van der Waals surface area contributed by atoms with Crippen LogP contribution in [-0.4, -0.2) is 0 Å². The van der Waals surface area contributed by atoms with Gasteiger partial charge in [-0.05, 0) is 49.0 Å². The maximum Gasteiger partial charge on any atom is -0.0162 e. The van der Waals surface area contributed by atoms with Crippen molar-refractivity contribution in [3.63, 3.8) is 0 Å². The first-order valence-corrected chi connectivity index (χ1v) is 6.14. The maximum atomic E-state index is 3.89. The largest absolute Gasteiger partial charge is 0.0991 e. The molecular formula is C15H24. The van der Waals surface area contributed by atoms with Crippen LogP contribution in [0.3, 0.4) is 0 Å². The van der Waals surface area contributed by atoms with Gasteiger partial charge in [0.1, 0.15) is 0 Å². The molecule has 1 rings (SSSR count). The van der Waals surface area contributed by atoms with Gasteiger partial charge in [0.15, 0.2) is 0 Å². The molecule has 0 spiro atoms. The van der Waals surface area contributed by atoms with E-state index in [2.05, 4.69) is 33.1 Å². The van der Waals surface area contributed by atoms with Gasteiger partial charge >= 0.3 is 0 Å². The summed E-state index contributed by atoms with van der Waals surface area (Å²) >= 11 is 0. The highest BCUT2D eigenvalue weighted by atomic mass is 14.3. The van der Waals surface area contributed by atoms with E-state index in [0.717, 1.165) is 17.8 Å². The summed E-state index contributed by atoms with van der Waals surface area (Å²) < 4.78 is 0. The van der Waals surface area contributed by atoms with Gasteiger partial charge in [0.25, 0.3) is 0 Å². The quantitative estimate of drug-likeness (QED) is 0.580. The molecule has 0 aliphatic heterocycles. The van der Waals surface area contributed by atoms with Crippen LogP contribution in [0.2, 0.25) is 0 Å². The molecule has 1 fully saturated rings. The van der Waals surface area contributed by atoms with E-state index < -0.39 is 0 Å². The van der Waals surface area contributed by atoms with Crippen LogP contribution in [0, 0.1) is 17.8 Å². The van der Waals surface area contributed by atoms with Gasteiger partial charge in [0.2, 0.25) is 0 Å². The van der Waals surface area contributed by atoms with Gasteiger partial charge in [0.05, 0.1) is 0 Å². The van der Waals surface area contributed by atoms with Gasteiger partial charge in [0, 0.05) is 0 Å². The minimum absolute atomic E-state index is 0.732. The maximum absolute atomic E-state index is 3.89. The third kappa shape index (κ3) is 3.37. The standard InChI is InChI=1S/C15H24/c1-5-7-13(6-2)15-10-8-14(9-11-15)12(3)4/h5-7,12,14-15H,1-2,8-11H2,3-4H3/b13-7+. The lowest BCUT2D eigenvalue weighted by Gasteiger charge is -2.31. The van der Waals surface area contributed by atoms with Crippen LogP contribution in [0.1, 0.15) is 39.5 Å². The fourth-order valence-corrected chi connectivity index (χ4v) is 2.63. The smallest absolute Gasteiger partial charge is 0.0162 e. The Labute approximate surface area is 94.8 Å². The highest BCUT2D eigenvalue weighted by Crippen LogP contribution is 2.36. The van der Waals surface area contributed by atoms with E-state index in [-0.39, 0.29) is 0 Å².